The Balaban J connectivity index is 0.00000261. The summed E-state index contributed by atoms with van der Waals surface area (Å²) < 4.78 is 32.8. The second-order valence-electron chi connectivity index (χ2n) is 6.63. The summed E-state index contributed by atoms with van der Waals surface area (Å²) in [7, 11) is 0. The Hall–Kier alpha value is -2.18. The number of hydrogen-bond donors (Lipinski definition) is 2. The molecule has 0 bridgehead atoms. The summed E-state index contributed by atoms with van der Waals surface area (Å²) in [6.07, 6.45) is 1.54. The minimum Gasteiger partial charge on any atom is -0.486 e. The van der Waals surface area contributed by atoms with Crippen LogP contribution in [-0.2, 0) is 11.4 Å². The molecule has 27 heavy (non-hydrogen) atoms. The highest BCUT2D eigenvalue weighted by Crippen LogP contribution is 2.24. The van der Waals surface area contributed by atoms with Gasteiger partial charge in [-0.05, 0) is 56.1 Å². The Morgan fingerprint density at radius 1 is 1.26 bits per heavy atom. The van der Waals surface area contributed by atoms with E-state index in [1.807, 2.05) is 6.92 Å². The van der Waals surface area contributed by atoms with Crippen molar-refractivity contribution in [3.05, 3.63) is 59.7 Å². The van der Waals surface area contributed by atoms with Gasteiger partial charge in [0.1, 0.15) is 12.4 Å². The highest BCUT2D eigenvalue weighted by atomic mass is 35.5. The SMILES string of the molecule is C[C@H]1C[C@@H](C(=O)Nc2ccc(OCc3cccc(F)c3)c(F)c2)CCN1.Cl. The number of hydrogen-bond acceptors (Lipinski definition) is 3. The highest BCUT2D eigenvalue weighted by Gasteiger charge is 2.24. The van der Waals surface area contributed by atoms with E-state index >= 15 is 0 Å². The third-order valence-electron chi connectivity index (χ3n) is 4.48. The second kappa shape index (κ2) is 9.67. The molecular formula is C20H23ClF2N2O2. The molecule has 7 heteroatoms. The topological polar surface area (TPSA) is 50.4 Å². The van der Waals surface area contributed by atoms with Crippen molar-refractivity contribution in [1.29, 1.82) is 0 Å². The molecule has 2 aromatic rings. The van der Waals surface area contributed by atoms with Gasteiger partial charge >= 0.3 is 0 Å². The number of carbonyl (C=O) groups is 1. The molecule has 4 nitrogen and oxygen atoms in total. The lowest BCUT2D eigenvalue weighted by Crippen LogP contribution is -2.40. The first kappa shape index (κ1) is 21.1. The fourth-order valence-corrected chi connectivity index (χ4v) is 3.10. The van der Waals surface area contributed by atoms with Crippen LogP contribution in [0, 0.1) is 17.6 Å². The van der Waals surface area contributed by atoms with Gasteiger partial charge in [-0.2, -0.15) is 0 Å². The summed E-state index contributed by atoms with van der Waals surface area (Å²) in [4.78, 5) is 12.3. The van der Waals surface area contributed by atoms with Crippen LogP contribution in [0.4, 0.5) is 14.5 Å². The predicted octanol–water partition coefficient (Wildman–Crippen LogP) is 4.29. The summed E-state index contributed by atoms with van der Waals surface area (Å²) >= 11 is 0. The monoisotopic (exact) mass is 396 g/mol. The molecule has 3 rings (SSSR count). The maximum Gasteiger partial charge on any atom is 0.227 e. The van der Waals surface area contributed by atoms with E-state index in [1.54, 1.807) is 18.2 Å². The number of halogens is 3. The van der Waals surface area contributed by atoms with Crippen LogP contribution < -0.4 is 15.4 Å². The molecule has 146 valence electrons. The predicted molar refractivity (Wildman–Crippen MR) is 103 cm³/mol. The fraction of sp³-hybridized carbons (Fsp3) is 0.350. The van der Waals surface area contributed by atoms with Crippen LogP contribution in [0.15, 0.2) is 42.5 Å². The molecule has 0 aliphatic carbocycles. The van der Waals surface area contributed by atoms with Crippen molar-refractivity contribution in [3.8, 4) is 5.75 Å². The maximum atomic E-state index is 14.2. The van der Waals surface area contributed by atoms with Crippen LogP contribution >= 0.6 is 12.4 Å². The molecule has 1 amide bonds. The van der Waals surface area contributed by atoms with Gasteiger partial charge in [0, 0.05) is 23.7 Å². The number of ether oxygens (including phenoxy) is 1. The quantitative estimate of drug-likeness (QED) is 0.792. The zero-order valence-corrected chi connectivity index (χ0v) is 15.8. The van der Waals surface area contributed by atoms with E-state index in [4.69, 9.17) is 4.74 Å². The molecule has 0 aromatic heterocycles. The van der Waals surface area contributed by atoms with Crippen molar-refractivity contribution in [2.75, 3.05) is 11.9 Å². The van der Waals surface area contributed by atoms with Gasteiger partial charge in [0.25, 0.3) is 0 Å². The highest BCUT2D eigenvalue weighted by molar-refractivity contribution is 5.92. The van der Waals surface area contributed by atoms with E-state index in [1.165, 1.54) is 24.3 Å². The number of amides is 1. The van der Waals surface area contributed by atoms with Crippen LogP contribution in [0.5, 0.6) is 5.75 Å². The third-order valence-corrected chi connectivity index (χ3v) is 4.48. The first-order valence-corrected chi connectivity index (χ1v) is 8.72. The van der Waals surface area contributed by atoms with Gasteiger partial charge in [-0.15, -0.1) is 12.4 Å². The normalized spacial score (nSPS) is 19.1. The van der Waals surface area contributed by atoms with Gasteiger partial charge in [0.2, 0.25) is 5.91 Å². The molecule has 2 atom stereocenters. The standard InChI is InChI=1S/C20H22F2N2O2.ClH/c1-13-9-15(7-8-23-13)20(25)24-17-5-6-19(18(22)11-17)26-12-14-3-2-4-16(21)10-14;/h2-6,10-11,13,15,23H,7-9,12H2,1H3,(H,24,25);1H/t13-,15-;/m0./s1. The largest absolute Gasteiger partial charge is 0.486 e. The van der Waals surface area contributed by atoms with E-state index in [0.717, 1.165) is 19.4 Å². The molecule has 1 fully saturated rings. The summed E-state index contributed by atoms with van der Waals surface area (Å²) in [5.74, 6) is -1.04. The van der Waals surface area contributed by atoms with E-state index in [2.05, 4.69) is 10.6 Å². The van der Waals surface area contributed by atoms with Crippen molar-refractivity contribution in [3.63, 3.8) is 0 Å². The molecule has 1 saturated heterocycles. The first-order chi connectivity index (χ1) is 12.5. The summed E-state index contributed by atoms with van der Waals surface area (Å²) in [5, 5.41) is 6.07. The number of piperidine rings is 1. The molecule has 2 N–H and O–H groups in total. The van der Waals surface area contributed by atoms with E-state index < -0.39 is 5.82 Å². The van der Waals surface area contributed by atoms with Crippen LogP contribution in [0.1, 0.15) is 25.3 Å². The van der Waals surface area contributed by atoms with E-state index in [0.29, 0.717) is 17.3 Å². The lowest BCUT2D eigenvalue weighted by molar-refractivity contribution is -0.120. The van der Waals surface area contributed by atoms with E-state index in [-0.39, 0.29) is 42.4 Å². The molecule has 0 saturated carbocycles. The zero-order valence-electron chi connectivity index (χ0n) is 15.0. The average Bonchev–Trinajstić information content (AvgIpc) is 2.61. The van der Waals surface area contributed by atoms with Crippen molar-refractivity contribution in [1.82, 2.24) is 5.32 Å². The van der Waals surface area contributed by atoms with Crippen LogP contribution in [-0.4, -0.2) is 18.5 Å². The van der Waals surface area contributed by atoms with Crippen molar-refractivity contribution in [2.45, 2.75) is 32.4 Å². The first-order valence-electron chi connectivity index (χ1n) is 8.72. The lowest BCUT2D eigenvalue weighted by atomic mass is 9.92. The van der Waals surface area contributed by atoms with Gasteiger partial charge in [-0.25, -0.2) is 8.78 Å². The smallest absolute Gasteiger partial charge is 0.227 e. The summed E-state index contributed by atoms with van der Waals surface area (Å²) in [5.41, 5.74) is 1.01. The maximum absolute atomic E-state index is 14.2. The van der Waals surface area contributed by atoms with Gasteiger partial charge < -0.3 is 15.4 Å². The number of nitrogens with one attached hydrogen (secondary N) is 2. The second-order valence-corrected chi connectivity index (χ2v) is 6.63. The molecule has 2 aromatic carbocycles. The van der Waals surface area contributed by atoms with Crippen LogP contribution in [0.25, 0.3) is 0 Å². The lowest BCUT2D eigenvalue weighted by Gasteiger charge is -2.27. The van der Waals surface area contributed by atoms with E-state index in [9.17, 15) is 13.6 Å². The summed E-state index contributed by atoms with van der Waals surface area (Å²) in [6.45, 7) is 2.91. The number of anilines is 1. The molecule has 0 spiro atoms. The van der Waals surface area contributed by atoms with Crippen molar-refractivity contribution >= 4 is 24.0 Å². The van der Waals surface area contributed by atoms with Crippen molar-refractivity contribution in [2.24, 2.45) is 5.92 Å². The average molecular weight is 397 g/mol. The third kappa shape index (κ3) is 5.91. The van der Waals surface area contributed by atoms with Gasteiger partial charge in [-0.3, -0.25) is 4.79 Å². The number of rotatable bonds is 5. The Kier molecular flexibility index (Phi) is 7.56. The minimum absolute atomic E-state index is 0. The van der Waals surface area contributed by atoms with Crippen LogP contribution in [0.3, 0.4) is 0 Å². The van der Waals surface area contributed by atoms with Gasteiger partial charge in [0.15, 0.2) is 11.6 Å². The molecule has 0 radical (unpaired) electrons. The number of carbonyl (C=O) groups excluding carboxylic acids is 1. The number of benzene rings is 2. The summed E-state index contributed by atoms with van der Waals surface area (Å²) in [6, 6.07) is 10.6. The Bertz CT molecular complexity index is 788. The Morgan fingerprint density at radius 2 is 2.07 bits per heavy atom. The minimum atomic E-state index is -0.571. The van der Waals surface area contributed by atoms with Gasteiger partial charge in [-0.1, -0.05) is 12.1 Å². The van der Waals surface area contributed by atoms with Gasteiger partial charge in [0.05, 0.1) is 0 Å². The molecule has 1 heterocycles. The molecule has 0 unspecified atom stereocenters. The van der Waals surface area contributed by atoms with Crippen molar-refractivity contribution < 1.29 is 18.3 Å². The fourth-order valence-electron chi connectivity index (χ4n) is 3.10. The molecule has 1 aliphatic rings. The van der Waals surface area contributed by atoms with Crippen LogP contribution in [0.2, 0.25) is 0 Å². The Labute approximate surface area is 163 Å². The molecular weight excluding hydrogens is 374 g/mol. The zero-order chi connectivity index (χ0) is 18.5. The Morgan fingerprint density at radius 3 is 2.78 bits per heavy atom. The molecule has 1 aliphatic heterocycles.